The van der Waals surface area contributed by atoms with Crippen molar-refractivity contribution in [3.63, 3.8) is 0 Å². The number of hydrogen-bond acceptors (Lipinski definition) is 3. The van der Waals surface area contributed by atoms with E-state index in [4.69, 9.17) is 4.98 Å². The summed E-state index contributed by atoms with van der Waals surface area (Å²) in [5.74, 6) is 0.499. The Kier molecular flexibility index (Phi) is 5.07. The summed E-state index contributed by atoms with van der Waals surface area (Å²) in [6, 6.07) is 22.8. The van der Waals surface area contributed by atoms with Crippen molar-refractivity contribution < 1.29 is 4.39 Å². The SMILES string of the molecule is N#Cc1cccc(-c2ccc(C(=C3CCNCC3)c3nc4ccc(F)cc4[nH]3)cc2)c1. The molecule has 3 aromatic carbocycles. The second kappa shape index (κ2) is 8.17. The number of nitrogens with one attached hydrogen (secondary N) is 2. The van der Waals surface area contributed by atoms with Crippen molar-refractivity contribution in [3.8, 4) is 17.2 Å². The van der Waals surface area contributed by atoms with Gasteiger partial charge in [-0.15, -0.1) is 0 Å². The number of H-pyrrole nitrogens is 1. The van der Waals surface area contributed by atoms with E-state index in [1.165, 1.54) is 17.7 Å². The number of halogens is 1. The van der Waals surface area contributed by atoms with E-state index < -0.39 is 0 Å². The molecule has 1 aliphatic heterocycles. The van der Waals surface area contributed by atoms with Crippen molar-refractivity contribution in [2.45, 2.75) is 12.8 Å². The van der Waals surface area contributed by atoms with Crippen LogP contribution >= 0.6 is 0 Å². The highest BCUT2D eigenvalue weighted by Gasteiger charge is 2.18. The third-order valence-corrected chi connectivity index (χ3v) is 5.74. The molecule has 2 heterocycles. The summed E-state index contributed by atoms with van der Waals surface area (Å²) in [5.41, 5.74) is 7.70. The van der Waals surface area contributed by atoms with E-state index in [0.717, 1.165) is 59.5 Å². The van der Waals surface area contributed by atoms with Crippen molar-refractivity contribution in [1.82, 2.24) is 15.3 Å². The number of imidazole rings is 1. The second-order valence-electron chi connectivity index (χ2n) is 7.75. The van der Waals surface area contributed by atoms with E-state index in [1.807, 2.05) is 24.3 Å². The van der Waals surface area contributed by atoms with Crippen LogP contribution in [0.3, 0.4) is 0 Å². The molecule has 31 heavy (non-hydrogen) atoms. The number of rotatable bonds is 3. The topological polar surface area (TPSA) is 64.5 Å². The van der Waals surface area contributed by atoms with Crippen LogP contribution in [0.25, 0.3) is 27.7 Å². The Labute approximate surface area is 180 Å². The van der Waals surface area contributed by atoms with Gasteiger partial charge in [0.1, 0.15) is 11.6 Å². The Morgan fingerprint density at radius 1 is 0.935 bits per heavy atom. The van der Waals surface area contributed by atoms with Crippen LogP contribution in [-0.2, 0) is 0 Å². The predicted octanol–water partition coefficient (Wildman–Crippen LogP) is 5.43. The predicted molar refractivity (Wildman–Crippen MR) is 121 cm³/mol. The summed E-state index contributed by atoms with van der Waals surface area (Å²) in [6.45, 7) is 1.87. The highest BCUT2D eigenvalue weighted by Crippen LogP contribution is 2.32. The smallest absolute Gasteiger partial charge is 0.139 e. The maximum absolute atomic E-state index is 13.7. The monoisotopic (exact) mass is 408 g/mol. The third kappa shape index (κ3) is 3.86. The minimum absolute atomic E-state index is 0.275. The first-order chi connectivity index (χ1) is 15.2. The number of nitriles is 1. The lowest BCUT2D eigenvalue weighted by molar-refractivity contribution is 0.611. The van der Waals surface area contributed by atoms with Crippen LogP contribution in [0, 0.1) is 17.1 Å². The normalized spacial score (nSPS) is 13.9. The van der Waals surface area contributed by atoms with Crippen LogP contribution < -0.4 is 5.32 Å². The Bertz CT molecular complexity index is 1320. The maximum atomic E-state index is 13.7. The molecule has 0 spiro atoms. The molecule has 0 aliphatic carbocycles. The average Bonchev–Trinajstić information content (AvgIpc) is 3.23. The lowest BCUT2D eigenvalue weighted by atomic mass is 9.92. The molecule has 1 aromatic heterocycles. The Hall–Kier alpha value is -3.75. The first kappa shape index (κ1) is 19.2. The summed E-state index contributed by atoms with van der Waals surface area (Å²) in [4.78, 5) is 8.10. The van der Waals surface area contributed by atoms with Gasteiger partial charge in [0.2, 0.25) is 0 Å². The fourth-order valence-corrected chi connectivity index (χ4v) is 4.18. The minimum atomic E-state index is -0.275. The zero-order valence-corrected chi connectivity index (χ0v) is 17.0. The van der Waals surface area contributed by atoms with Crippen LogP contribution in [0.5, 0.6) is 0 Å². The van der Waals surface area contributed by atoms with Crippen molar-refractivity contribution in [3.05, 3.63) is 95.1 Å². The number of benzene rings is 3. The van der Waals surface area contributed by atoms with Gasteiger partial charge < -0.3 is 10.3 Å². The molecule has 0 amide bonds. The van der Waals surface area contributed by atoms with E-state index in [2.05, 4.69) is 40.6 Å². The van der Waals surface area contributed by atoms with Gasteiger partial charge in [0.05, 0.1) is 22.7 Å². The van der Waals surface area contributed by atoms with Gasteiger partial charge in [0, 0.05) is 5.57 Å². The third-order valence-electron chi connectivity index (χ3n) is 5.74. The van der Waals surface area contributed by atoms with E-state index in [9.17, 15) is 9.65 Å². The fourth-order valence-electron chi connectivity index (χ4n) is 4.18. The van der Waals surface area contributed by atoms with E-state index in [0.29, 0.717) is 11.1 Å². The van der Waals surface area contributed by atoms with Crippen molar-refractivity contribution in [2.24, 2.45) is 0 Å². The quantitative estimate of drug-likeness (QED) is 0.475. The van der Waals surface area contributed by atoms with Gasteiger partial charge in [-0.3, -0.25) is 0 Å². The molecule has 4 nitrogen and oxygen atoms in total. The first-order valence-electron chi connectivity index (χ1n) is 10.4. The fraction of sp³-hybridized carbons (Fsp3) is 0.154. The molecule has 5 heteroatoms. The zero-order chi connectivity index (χ0) is 21.2. The molecule has 152 valence electrons. The van der Waals surface area contributed by atoms with Crippen molar-refractivity contribution >= 4 is 16.6 Å². The standard InChI is InChI=1S/C26H21FN4/c27-22-8-9-23-24(15-22)31-26(30-23)25(20-10-12-29-13-11-20)19-6-4-18(5-7-19)21-3-1-2-17(14-21)16-28/h1-9,14-15,29H,10-13H2,(H,30,31). The average molecular weight is 408 g/mol. The van der Waals surface area contributed by atoms with E-state index >= 15 is 0 Å². The van der Waals surface area contributed by atoms with Gasteiger partial charge in [-0.1, -0.05) is 42.0 Å². The lowest BCUT2D eigenvalue weighted by Crippen LogP contribution is -2.24. The van der Waals surface area contributed by atoms with Crippen molar-refractivity contribution in [1.29, 1.82) is 5.26 Å². The molecular weight excluding hydrogens is 387 g/mol. The minimum Gasteiger partial charge on any atom is -0.338 e. The van der Waals surface area contributed by atoms with Crippen molar-refractivity contribution in [2.75, 3.05) is 13.1 Å². The number of fused-ring (bicyclic) bond motifs is 1. The molecule has 0 saturated carbocycles. The summed E-state index contributed by atoms with van der Waals surface area (Å²) in [5, 5.41) is 12.6. The second-order valence-corrected chi connectivity index (χ2v) is 7.75. The largest absolute Gasteiger partial charge is 0.338 e. The van der Waals surface area contributed by atoms with Crippen LogP contribution in [0.1, 0.15) is 29.8 Å². The summed E-state index contributed by atoms with van der Waals surface area (Å²) >= 11 is 0. The van der Waals surface area contributed by atoms with Gasteiger partial charge in [0.25, 0.3) is 0 Å². The van der Waals surface area contributed by atoms with E-state index in [-0.39, 0.29) is 5.82 Å². The summed E-state index contributed by atoms with van der Waals surface area (Å²) in [7, 11) is 0. The molecule has 1 saturated heterocycles. The number of hydrogen-bond donors (Lipinski definition) is 2. The van der Waals surface area contributed by atoms with Gasteiger partial charge in [-0.05, 0) is 73.0 Å². The molecule has 4 aromatic rings. The number of nitrogens with zero attached hydrogens (tertiary/aromatic N) is 2. The van der Waals surface area contributed by atoms with Crippen LogP contribution in [0.4, 0.5) is 4.39 Å². The zero-order valence-electron chi connectivity index (χ0n) is 17.0. The molecular formula is C26H21FN4. The summed E-state index contributed by atoms with van der Waals surface area (Å²) in [6.07, 6.45) is 1.90. The number of aromatic amines is 1. The molecule has 0 unspecified atom stereocenters. The Morgan fingerprint density at radius 3 is 2.52 bits per heavy atom. The first-order valence-corrected chi connectivity index (χ1v) is 10.4. The Balaban J connectivity index is 1.59. The summed E-state index contributed by atoms with van der Waals surface area (Å²) < 4.78 is 13.7. The van der Waals surface area contributed by atoms with Gasteiger partial charge >= 0.3 is 0 Å². The van der Waals surface area contributed by atoms with Gasteiger partial charge in [0.15, 0.2) is 0 Å². The van der Waals surface area contributed by atoms with Crippen LogP contribution in [0.2, 0.25) is 0 Å². The molecule has 5 rings (SSSR count). The lowest BCUT2D eigenvalue weighted by Gasteiger charge is -2.20. The molecule has 0 bridgehead atoms. The molecule has 1 fully saturated rings. The van der Waals surface area contributed by atoms with E-state index in [1.54, 1.807) is 6.07 Å². The van der Waals surface area contributed by atoms with Gasteiger partial charge in [-0.25, -0.2) is 9.37 Å². The maximum Gasteiger partial charge on any atom is 0.139 e. The highest BCUT2D eigenvalue weighted by molar-refractivity contribution is 5.85. The van der Waals surface area contributed by atoms with Crippen LogP contribution in [0.15, 0.2) is 72.3 Å². The molecule has 1 aliphatic rings. The Morgan fingerprint density at radius 2 is 1.74 bits per heavy atom. The molecule has 2 N–H and O–H groups in total. The highest BCUT2D eigenvalue weighted by atomic mass is 19.1. The van der Waals surface area contributed by atoms with Gasteiger partial charge in [-0.2, -0.15) is 5.26 Å². The number of piperidine rings is 1. The molecule has 0 atom stereocenters. The van der Waals surface area contributed by atoms with Crippen LogP contribution in [-0.4, -0.2) is 23.1 Å². The number of aromatic nitrogens is 2. The molecule has 0 radical (unpaired) electrons.